The standard InChI is InChI=1S/C11H27NO6SSi/c1-12(2,8-6-10-19(13,14)15)9-7-11-20(16-3,17-4)18-5/h6-11H2,1-5H3. The molecule has 0 saturated carbocycles. The van der Waals surface area contributed by atoms with Crippen molar-refractivity contribution in [3.8, 4) is 0 Å². The first-order chi connectivity index (χ1) is 9.10. The topological polar surface area (TPSA) is 84.9 Å². The monoisotopic (exact) mass is 329 g/mol. The summed E-state index contributed by atoms with van der Waals surface area (Å²) in [5.74, 6) is -0.304. The second-order valence-corrected chi connectivity index (χ2v) is 10.0. The van der Waals surface area contributed by atoms with E-state index in [9.17, 15) is 13.0 Å². The van der Waals surface area contributed by atoms with E-state index < -0.39 is 18.9 Å². The van der Waals surface area contributed by atoms with Crippen LogP contribution >= 0.6 is 0 Å². The van der Waals surface area contributed by atoms with E-state index in [2.05, 4.69) is 0 Å². The molecule has 0 aromatic carbocycles. The van der Waals surface area contributed by atoms with Crippen molar-refractivity contribution in [2.75, 3.05) is 54.3 Å². The normalized spacial score (nSPS) is 13.7. The molecule has 0 aromatic rings. The highest BCUT2D eigenvalue weighted by atomic mass is 32.2. The minimum atomic E-state index is -4.12. The molecule has 0 aliphatic heterocycles. The summed E-state index contributed by atoms with van der Waals surface area (Å²) in [6, 6.07) is 0.706. The molecular weight excluding hydrogens is 302 g/mol. The van der Waals surface area contributed by atoms with Crippen LogP contribution in [0.5, 0.6) is 0 Å². The van der Waals surface area contributed by atoms with Gasteiger partial charge in [-0.25, -0.2) is 8.42 Å². The third kappa shape index (κ3) is 8.30. The lowest BCUT2D eigenvalue weighted by atomic mass is 10.3. The van der Waals surface area contributed by atoms with Crippen molar-refractivity contribution in [3.05, 3.63) is 0 Å². The largest absolute Gasteiger partial charge is 0.748 e. The van der Waals surface area contributed by atoms with Crippen molar-refractivity contribution < 1.29 is 30.7 Å². The van der Waals surface area contributed by atoms with Gasteiger partial charge in [0.1, 0.15) is 0 Å². The zero-order valence-electron chi connectivity index (χ0n) is 13.0. The van der Waals surface area contributed by atoms with Crippen LogP contribution in [0.1, 0.15) is 12.8 Å². The van der Waals surface area contributed by atoms with Crippen LogP contribution in [-0.4, -0.2) is 80.5 Å². The highest BCUT2D eigenvalue weighted by molar-refractivity contribution is 7.85. The molecule has 0 aromatic heterocycles. The van der Waals surface area contributed by atoms with E-state index >= 15 is 0 Å². The number of hydrogen-bond acceptors (Lipinski definition) is 6. The van der Waals surface area contributed by atoms with Gasteiger partial charge in [0.05, 0.1) is 37.3 Å². The van der Waals surface area contributed by atoms with Gasteiger partial charge < -0.3 is 22.3 Å². The van der Waals surface area contributed by atoms with Crippen LogP contribution in [0, 0.1) is 0 Å². The Morgan fingerprint density at radius 1 is 1.00 bits per heavy atom. The van der Waals surface area contributed by atoms with E-state index in [0.29, 0.717) is 23.5 Å². The summed E-state index contributed by atoms with van der Waals surface area (Å²) in [5.41, 5.74) is 0. The molecule has 9 heteroatoms. The van der Waals surface area contributed by atoms with Crippen LogP contribution in [0.15, 0.2) is 0 Å². The Labute approximate surface area is 123 Å². The summed E-state index contributed by atoms with van der Waals surface area (Å²) in [6.07, 6.45) is 1.22. The Morgan fingerprint density at radius 2 is 1.45 bits per heavy atom. The zero-order valence-corrected chi connectivity index (χ0v) is 14.9. The van der Waals surface area contributed by atoms with Gasteiger partial charge in [-0.2, -0.15) is 0 Å². The molecule has 122 valence electrons. The first kappa shape index (κ1) is 20.0. The van der Waals surface area contributed by atoms with Crippen molar-refractivity contribution in [2.45, 2.75) is 18.9 Å². The molecule has 0 N–H and O–H groups in total. The number of nitrogens with zero attached hydrogens (tertiary/aromatic N) is 1. The van der Waals surface area contributed by atoms with Crippen LogP contribution in [0.25, 0.3) is 0 Å². The van der Waals surface area contributed by atoms with E-state index in [-0.39, 0.29) is 5.75 Å². The SMILES string of the molecule is CO[Si](CCC[N+](C)(C)CCCS(=O)(=O)[O-])(OC)OC. The third-order valence-corrected chi connectivity index (χ3v) is 6.96. The summed E-state index contributed by atoms with van der Waals surface area (Å²) in [4.78, 5) is 0. The van der Waals surface area contributed by atoms with Gasteiger partial charge in [-0.3, -0.25) is 0 Å². The van der Waals surface area contributed by atoms with Crippen molar-refractivity contribution in [3.63, 3.8) is 0 Å². The molecule has 0 heterocycles. The Kier molecular flexibility index (Phi) is 8.41. The fourth-order valence-electron chi connectivity index (χ4n) is 2.06. The Morgan fingerprint density at radius 3 is 1.85 bits per heavy atom. The molecule has 0 saturated heterocycles. The fraction of sp³-hybridized carbons (Fsp3) is 1.00. The predicted octanol–water partition coefficient (Wildman–Crippen LogP) is 0.266. The molecule has 20 heavy (non-hydrogen) atoms. The number of hydrogen-bond donors (Lipinski definition) is 0. The molecule has 0 aliphatic carbocycles. The molecule has 0 rings (SSSR count). The number of quaternary nitrogens is 1. The fourth-order valence-corrected chi connectivity index (χ4v) is 4.25. The summed E-state index contributed by atoms with van der Waals surface area (Å²) >= 11 is 0. The average Bonchev–Trinajstić information content (AvgIpc) is 2.33. The average molecular weight is 329 g/mol. The summed E-state index contributed by atoms with van der Waals surface area (Å²) in [5, 5.41) is 0. The molecule has 0 bridgehead atoms. The van der Waals surface area contributed by atoms with Crippen molar-refractivity contribution >= 4 is 18.9 Å². The predicted molar refractivity (Wildman–Crippen MR) is 77.2 cm³/mol. The zero-order chi connectivity index (χ0) is 15.9. The van der Waals surface area contributed by atoms with Crippen molar-refractivity contribution in [1.82, 2.24) is 0 Å². The lowest BCUT2D eigenvalue weighted by molar-refractivity contribution is -0.890. The van der Waals surface area contributed by atoms with Gasteiger partial charge in [-0.1, -0.05) is 0 Å². The highest BCUT2D eigenvalue weighted by Crippen LogP contribution is 2.16. The van der Waals surface area contributed by atoms with Gasteiger partial charge in [-0.15, -0.1) is 0 Å². The third-order valence-electron chi connectivity index (χ3n) is 3.34. The molecule has 0 atom stereocenters. The second-order valence-electron chi connectivity index (χ2n) is 5.40. The molecule has 0 fully saturated rings. The molecule has 0 radical (unpaired) electrons. The quantitative estimate of drug-likeness (QED) is 0.307. The van der Waals surface area contributed by atoms with E-state index in [1.165, 1.54) is 0 Å². The highest BCUT2D eigenvalue weighted by Gasteiger charge is 2.37. The molecule has 7 nitrogen and oxygen atoms in total. The van der Waals surface area contributed by atoms with E-state index in [4.69, 9.17) is 13.3 Å². The van der Waals surface area contributed by atoms with Crippen LogP contribution in [0.2, 0.25) is 6.04 Å². The van der Waals surface area contributed by atoms with E-state index in [0.717, 1.165) is 13.0 Å². The summed E-state index contributed by atoms with van der Waals surface area (Å²) in [7, 11) is 2.11. The van der Waals surface area contributed by atoms with E-state index in [1.54, 1.807) is 21.3 Å². The molecule has 0 amide bonds. The number of rotatable bonds is 11. The smallest absolute Gasteiger partial charge is 0.500 e. The summed E-state index contributed by atoms with van der Waals surface area (Å²) < 4.78 is 48.4. The first-order valence-corrected chi connectivity index (χ1v) is 10.0. The lowest BCUT2D eigenvalue weighted by Crippen LogP contribution is -2.46. The molecule has 0 spiro atoms. The maximum absolute atomic E-state index is 10.6. The molecular formula is C11H27NO6SSi. The van der Waals surface area contributed by atoms with Crippen LogP contribution < -0.4 is 0 Å². The summed E-state index contributed by atoms with van der Waals surface area (Å²) in [6.45, 7) is 1.48. The molecule has 0 unspecified atom stereocenters. The van der Waals surface area contributed by atoms with E-state index in [1.807, 2.05) is 14.1 Å². The Hall–Kier alpha value is -0.0331. The van der Waals surface area contributed by atoms with Crippen LogP contribution in [0.3, 0.4) is 0 Å². The van der Waals surface area contributed by atoms with Crippen molar-refractivity contribution in [2.24, 2.45) is 0 Å². The van der Waals surface area contributed by atoms with Gasteiger partial charge in [0, 0.05) is 46.0 Å². The van der Waals surface area contributed by atoms with Crippen LogP contribution in [0.4, 0.5) is 0 Å². The van der Waals surface area contributed by atoms with Gasteiger partial charge >= 0.3 is 8.80 Å². The van der Waals surface area contributed by atoms with Gasteiger partial charge in [0.2, 0.25) is 0 Å². The maximum Gasteiger partial charge on any atom is 0.500 e. The van der Waals surface area contributed by atoms with Gasteiger partial charge in [0.15, 0.2) is 0 Å². The molecule has 0 aliphatic rings. The Bertz CT molecular complexity index is 361. The van der Waals surface area contributed by atoms with Crippen molar-refractivity contribution in [1.29, 1.82) is 0 Å². The maximum atomic E-state index is 10.6. The minimum absolute atomic E-state index is 0.304. The minimum Gasteiger partial charge on any atom is -0.748 e. The second kappa shape index (κ2) is 8.42. The lowest BCUT2D eigenvalue weighted by Gasteiger charge is -2.31. The first-order valence-electron chi connectivity index (χ1n) is 6.51. The van der Waals surface area contributed by atoms with Gasteiger partial charge in [0.25, 0.3) is 0 Å². The Balaban J connectivity index is 4.15. The van der Waals surface area contributed by atoms with Crippen LogP contribution in [-0.2, 0) is 23.4 Å². The van der Waals surface area contributed by atoms with Gasteiger partial charge in [-0.05, 0) is 0 Å².